The SMILES string of the molecule is O=C(NCCSc1ccccc1)c1ccc(CS(=O)(=O)N2CCOCC2)cc1. The average Bonchev–Trinajstić information content (AvgIpc) is 2.73. The molecule has 1 N–H and O–H groups in total. The third kappa shape index (κ3) is 6.07. The van der Waals surface area contributed by atoms with Crippen molar-refractivity contribution < 1.29 is 17.9 Å². The molecule has 2 aromatic rings. The lowest BCUT2D eigenvalue weighted by Crippen LogP contribution is -2.41. The lowest BCUT2D eigenvalue weighted by molar-refractivity contribution is 0.0729. The Morgan fingerprint density at radius 1 is 1.04 bits per heavy atom. The molecule has 0 aliphatic carbocycles. The van der Waals surface area contributed by atoms with Crippen LogP contribution >= 0.6 is 11.8 Å². The van der Waals surface area contributed by atoms with E-state index in [1.54, 1.807) is 36.0 Å². The van der Waals surface area contributed by atoms with Crippen LogP contribution in [-0.4, -0.2) is 57.2 Å². The van der Waals surface area contributed by atoms with Crippen molar-refractivity contribution in [2.75, 3.05) is 38.6 Å². The molecule has 6 nitrogen and oxygen atoms in total. The number of benzene rings is 2. The predicted octanol–water partition coefficient (Wildman–Crippen LogP) is 2.37. The highest BCUT2D eigenvalue weighted by Gasteiger charge is 2.24. The zero-order valence-electron chi connectivity index (χ0n) is 15.5. The Morgan fingerprint density at radius 3 is 2.39 bits per heavy atom. The molecule has 1 aliphatic heterocycles. The molecule has 8 heteroatoms. The Bertz CT molecular complexity index is 865. The maximum atomic E-state index is 12.5. The fourth-order valence-corrected chi connectivity index (χ4v) is 5.12. The number of rotatable bonds is 8. The van der Waals surface area contributed by atoms with Gasteiger partial charge >= 0.3 is 0 Å². The van der Waals surface area contributed by atoms with E-state index in [1.807, 2.05) is 30.3 Å². The van der Waals surface area contributed by atoms with Gasteiger partial charge in [0.05, 0.1) is 19.0 Å². The van der Waals surface area contributed by atoms with Gasteiger partial charge in [0.1, 0.15) is 0 Å². The lowest BCUT2D eigenvalue weighted by Gasteiger charge is -2.26. The van der Waals surface area contributed by atoms with Gasteiger partial charge in [0.2, 0.25) is 10.0 Å². The van der Waals surface area contributed by atoms with Crippen molar-refractivity contribution in [3.05, 3.63) is 65.7 Å². The summed E-state index contributed by atoms with van der Waals surface area (Å²) in [7, 11) is -3.36. The highest BCUT2D eigenvalue weighted by Crippen LogP contribution is 2.16. The third-order valence-corrected chi connectivity index (χ3v) is 7.19. The second kappa shape index (κ2) is 10.1. The normalized spacial score (nSPS) is 15.3. The minimum absolute atomic E-state index is 0.0669. The number of sulfonamides is 1. The Balaban J connectivity index is 1.47. The van der Waals surface area contributed by atoms with Crippen LogP contribution < -0.4 is 5.32 Å². The maximum Gasteiger partial charge on any atom is 0.251 e. The number of nitrogens with zero attached hydrogens (tertiary/aromatic N) is 1. The van der Waals surface area contributed by atoms with Crippen molar-refractivity contribution in [3.8, 4) is 0 Å². The highest BCUT2D eigenvalue weighted by molar-refractivity contribution is 7.99. The van der Waals surface area contributed by atoms with E-state index in [1.165, 1.54) is 9.20 Å². The summed E-state index contributed by atoms with van der Waals surface area (Å²) in [6.45, 7) is 2.21. The standard InChI is InChI=1S/C20H24N2O4S2/c23-20(21-10-15-27-19-4-2-1-3-5-19)18-8-6-17(7-9-18)16-28(24,25)22-11-13-26-14-12-22/h1-9H,10-16H2,(H,21,23). The summed E-state index contributed by atoms with van der Waals surface area (Å²) >= 11 is 1.68. The Morgan fingerprint density at radius 2 is 1.71 bits per heavy atom. The molecule has 0 spiro atoms. The van der Waals surface area contributed by atoms with Crippen LogP contribution in [0.25, 0.3) is 0 Å². The van der Waals surface area contributed by atoms with Gasteiger partial charge in [-0.25, -0.2) is 8.42 Å². The lowest BCUT2D eigenvalue weighted by atomic mass is 10.1. The van der Waals surface area contributed by atoms with Crippen LogP contribution in [-0.2, 0) is 20.5 Å². The van der Waals surface area contributed by atoms with E-state index in [2.05, 4.69) is 5.32 Å². The molecule has 0 saturated carbocycles. The van der Waals surface area contributed by atoms with Crippen molar-refractivity contribution in [1.82, 2.24) is 9.62 Å². The van der Waals surface area contributed by atoms with Gasteiger partial charge in [-0.2, -0.15) is 4.31 Å². The Hall–Kier alpha value is -1.87. The summed E-state index contributed by atoms with van der Waals surface area (Å²) in [6, 6.07) is 16.8. The molecule has 1 heterocycles. The third-order valence-electron chi connectivity index (χ3n) is 4.33. The smallest absolute Gasteiger partial charge is 0.251 e. The number of carbonyl (C=O) groups excluding carboxylic acids is 1. The molecule has 0 bridgehead atoms. The number of carbonyl (C=O) groups is 1. The molecule has 28 heavy (non-hydrogen) atoms. The van der Waals surface area contributed by atoms with Crippen LogP contribution in [0.15, 0.2) is 59.5 Å². The quantitative estimate of drug-likeness (QED) is 0.524. The van der Waals surface area contributed by atoms with E-state index in [-0.39, 0.29) is 11.7 Å². The molecule has 2 aromatic carbocycles. The molecule has 150 valence electrons. The first-order chi connectivity index (χ1) is 13.5. The summed E-state index contributed by atoms with van der Waals surface area (Å²) in [6.07, 6.45) is 0. The van der Waals surface area contributed by atoms with Crippen LogP contribution in [0.4, 0.5) is 0 Å². The van der Waals surface area contributed by atoms with Crippen molar-refractivity contribution in [3.63, 3.8) is 0 Å². The largest absolute Gasteiger partial charge is 0.379 e. The maximum absolute atomic E-state index is 12.5. The molecular weight excluding hydrogens is 396 g/mol. The van der Waals surface area contributed by atoms with E-state index in [0.29, 0.717) is 44.0 Å². The number of thioether (sulfide) groups is 1. The van der Waals surface area contributed by atoms with Gasteiger partial charge in [0.25, 0.3) is 5.91 Å². The molecule has 3 rings (SSSR count). The van der Waals surface area contributed by atoms with Crippen LogP contribution in [0.2, 0.25) is 0 Å². The van der Waals surface area contributed by atoms with Crippen molar-refractivity contribution >= 4 is 27.7 Å². The number of nitrogens with one attached hydrogen (secondary N) is 1. The predicted molar refractivity (Wildman–Crippen MR) is 111 cm³/mol. The fourth-order valence-electron chi connectivity index (χ4n) is 2.83. The van der Waals surface area contributed by atoms with E-state index in [9.17, 15) is 13.2 Å². The summed E-state index contributed by atoms with van der Waals surface area (Å²) in [4.78, 5) is 13.4. The fraction of sp³-hybridized carbons (Fsp3) is 0.350. The molecule has 1 aliphatic rings. The van der Waals surface area contributed by atoms with Crippen LogP contribution in [0.1, 0.15) is 15.9 Å². The zero-order valence-corrected chi connectivity index (χ0v) is 17.2. The van der Waals surface area contributed by atoms with E-state index in [0.717, 1.165) is 5.75 Å². The number of amides is 1. The number of morpholine rings is 1. The first-order valence-electron chi connectivity index (χ1n) is 9.15. The summed E-state index contributed by atoms with van der Waals surface area (Å²) in [5, 5.41) is 2.89. The van der Waals surface area contributed by atoms with E-state index in [4.69, 9.17) is 4.74 Å². The second-order valence-corrected chi connectivity index (χ2v) is 9.52. The number of hydrogen-bond donors (Lipinski definition) is 1. The number of ether oxygens (including phenoxy) is 1. The van der Waals surface area contributed by atoms with Crippen LogP contribution in [0, 0.1) is 0 Å². The van der Waals surface area contributed by atoms with Gasteiger partial charge in [-0.3, -0.25) is 4.79 Å². The summed E-state index contributed by atoms with van der Waals surface area (Å²) < 4.78 is 31.6. The molecule has 1 saturated heterocycles. The van der Waals surface area contributed by atoms with Crippen molar-refractivity contribution in [2.45, 2.75) is 10.6 Å². The monoisotopic (exact) mass is 420 g/mol. The van der Waals surface area contributed by atoms with Crippen molar-refractivity contribution in [1.29, 1.82) is 0 Å². The van der Waals surface area contributed by atoms with Gasteiger partial charge in [0.15, 0.2) is 0 Å². The molecule has 1 fully saturated rings. The summed E-state index contributed by atoms with van der Waals surface area (Å²) in [5.74, 6) is 0.560. The van der Waals surface area contributed by atoms with E-state index >= 15 is 0 Å². The first kappa shape index (κ1) is 20.9. The molecule has 0 radical (unpaired) electrons. The van der Waals surface area contributed by atoms with Gasteiger partial charge in [-0.05, 0) is 29.8 Å². The molecule has 1 amide bonds. The number of hydrogen-bond acceptors (Lipinski definition) is 5. The molecule has 0 atom stereocenters. The minimum Gasteiger partial charge on any atom is -0.379 e. The first-order valence-corrected chi connectivity index (χ1v) is 11.7. The van der Waals surface area contributed by atoms with Crippen LogP contribution in [0.3, 0.4) is 0 Å². The van der Waals surface area contributed by atoms with Gasteiger partial charge in [0, 0.05) is 35.8 Å². The Kier molecular flexibility index (Phi) is 7.50. The van der Waals surface area contributed by atoms with Gasteiger partial charge < -0.3 is 10.1 Å². The summed E-state index contributed by atoms with van der Waals surface area (Å²) in [5.41, 5.74) is 1.19. The topological polar surface area (TPSA) is 75.7 Å². The minimum atomic E-state index is -3.36. The van der Waals surface area contributed by atoms with Crippen molar-refractivity contribution in [2.24, 2.45) is 0 Å². The van der Waals surface area contributed by atoms with Crippen LogP contribution in [0.5, 0.6) is 0 Å². The highest BCUT2D eigenvalue weighted by atomic mass is 32.2. The second-order valence-electron chi connectivity index (χ2n) is 6.38. The van der Waals surface area contributed by atoms with Gasteiger partial charge in [-0.15, -0.1) is 11.8 Å². The molecular formula is C20H24N2O4S2. The zero-order chi connectivity index (χ0) is 19.8. The van der Waals surface area contributed by atoms with Gasteiger partial charge in [-0.1, -0.05) is 30.3 Å². The molecule has 0 unspecified atom stereocenters. The Labute approximate surface area is 170 Å². The van der Waals surface area contributed by atoms with E-state index < -0.39 is 10.0 Å². The average molecular weight is 421 g/mol. The molecule has 0 aromatic heterocycles.